The molecule has 5 heteroatoms. The van der Waals surface area contributed by atoms with E-state index in [2.05, 4.69) is 10.2 Å². The van der Waals surface area contributed by atoms with Gasteiger partial charge in [-0.2, -0.15) is 0 Å². The molecule has 0 aliphatic carbocycles. The molecule has 2 heterocycles. The maximum Gasteiger partial charge on any atom is 0.234 e. The lowest BCUT2D eigenvalue weighted by atomic mass is 9.90. The van der Waals surface area contributed by atoms with E-state index in [0.717, 1.165) is 24.3 Å². The molecule has 0 spiro atoms. The van der Waals surface area contributed by atoms with Crippen LogP contribution in [0.4, 0.5) is 5.69 Å². The third kappa shape index (κ3) is 2.33. The van der Waals surface area contributed by atoms with Crippen molar-refractivity contribution in [1.29, 1.82) is 0 Å². The summed E-state index contributed by atoms with van der Waals surface area (Å²) in [6, 6.07) is 8.25. The van der Waals surface area contributed by atoms with Crippen molar-refractivity contribution in [2.75, 3.05) is 18.0 Å². The fourth-order valence-electron chi connectivity index (χ4n) is 2.65. The standard InChI is InChI=1S/C14H17N3O2/c15-10-7-17(8-10)11-3-1-9(2-4-11)12-5-6-13(18)16-14(12)19/h1-4,10,12H,5-8,15H2,(H,16,18,19). The van der Waals surface area contributed by atoms with Gasteiger partial charge in [-0.1, -0.05) is 12.1 Å². The number of rotatable bonds is 2. The first kappa shape index (κ1) is 12.2. The van der Waals surface area contributed by atoms with E-state index in [1.807, 2.05) is 24.3 Å². The molecule has 2 amide bonds. The molecule has 0 saturated carbocycles. The number of imide groups is 1. The highest BCUT2D eigenvalue weighted by atomic mass is 16.2. The normalized spacial score (nSPS) is 24.1. The fourth-order valence-corrected chi connectivity index (χ4v) is 2.65. The van der Waals surface area contributed by atoms with Gasteiger partial charge in [-0.25, -0.2) is 0 Å². The summed E-state index contributed by atoms with van der Waals surface area (Å²) < 4.78 is 0. The average molecular weight is 259 g/mol. The lowest BCUT2D eigenvalue weighted by Gasteiger charge is -2.39. The van der Waals surface area contributed by atoms with Crippen LogP contribution in [-0.4, -0.2) is 30.9 Å². The number of carbonyl (C=O) groups is 2. The molecule has 19 heavy (non-hydrogen) atoms. The zero-order chi connectivity index (χ0) is 13.4. The van der Waals surface area contributed by atoms with Crippen LogP contribution in [0, 0.1) is 0 Å². The smallest absolute Gasteiger partial charge is 0.234 e. The summed E-state index contributed by atoms with van der Waals surface area (Å²) in [5, 5.41) is 2.39. The van der Waals surface area contributed by atoms with Gasteiger partial charge in [0, 0.05) is 31.2 Å². The van der Waals surface area contributed by atoms with Crippen molar-refractivity contribution in [2.45, 2.75) is 24.8 Å². The van der Waals surface area contributed by atoms with Crippen molar-refractivity contribution >= 4 is 17.5 Å². The summed E-state index contributed by atoms with van der Waals surface area (Å²) >= 11 is 0. The molecule has 2 saturated heterocycles. The van der Waals surface area contributed by atoms with Gasteiger partial charge < -0.3 is 10.6 Å². The van der Waals surface area contributed by atoms with Crippen molar-refractivity contribution in [3.63, 3.8) is 0 Å². The summed E-state index contributed by atoms with van der Waals surface area (Å²) in [5.41, 5.74) is 7.87. The molecule has 1 aromatic carbocycles. The largest absolute Gasteiger partial charge is 0.368 e. The second kappa shape index (κ2) is 4.66. The lowest BCUT2D eigenvalue weighted by molar-refractivity contribution is -0.134. The Morgan fingerprint density at radius 2 is 1.84 bits per heavy atom. The highest BCUT2D eigenvalue weighted by Crippen LogP contribution is 2.27. The molecule has 3 rings (SSSR count). The molecule has 100 valence electrons. The molecule has 0 aromatic heterocycles. The number of nitrogens with two attached hydrogens (primary N) is 1. The van der Waals surface area contributed by atoms with Crippen LogP contribution < -0.4 is 16.0 Å². The van der Waals surface area contributed by atoms with E-state index < -0.39 is 0 Å². The Morgan fingerprint density at radius 3 is 2.42 bits per heavy atom. The predicted molar refractivity (Wildman–Crippen MR) is 71.8 cm³/mol. The molecule has 2 aliphatic heterocycles. The quantitative estimate of drug-likeness (QED) is 0.752. The van der Waals surface area contributed by atoms with Crippen LogP contribution in [-0.2, 0) is 9.59 Å². The minimum Gasteiger partial charge on any atom is -0.368 e. The predicted octanol–water partition coefficient (Wildman–Crippen LogP) is 0.354. The number of hydrogen-bond acceptors (Lipinski definition) is 4. The van der Waals surface area contributed by atoms with Crippen molar-refractivity contribution in [3.05, 3.63) is 29.8 Å². The number of benzene rings is 1. The molecular formula is C14H17N3O2. The van der Waals surface area contributed by atoms with Crippen molar-refractivity contribution in [2.24, 2.45) is 5.73 Å². The number of nitrogens with one attached hydrogen (secondary N) is 1. The van der Waals surface area contributed by atoms with Crippen LogP contribution in [0.15, 0.2) is 24.3 Å². The minimum absolute atomic E-state index is 0.174. The molecular weight excluding hydrogens is 242 g/mol. The molecule has 1 aromatic rings. The van der Waals surface area contributed by atoms with Crippen LogP contribution >= 0.6 is 0 Å². The van der Waals surface area contributed by atoms with Crippen LogP contribution in [0.1, 0.15) is 24.3 Å². The van der Waals surface area contributed by atoms with Gasteiger partial charge in [0.1, 0.15) is 0 Å². The summed E-state index contributed by atoms with van der Waals surface area (Å²) in [6.45, 7) is 1.77. The zero-order valence-electron chi connectivity index (χ0n) is 10.6. The SMILES string of the molecule is NC1CN(c2ccc(C3CCC(=O)NC3=O)cc2)C1. The number of anilines is 1. The summed E-state index contributed by atoms with van der Waals surface area (Å²) in [4.78, 5) is 25.1. The van der Waals surface area contributed by atoms with Gasteiger partial charge in [-0.3, -0.25) is 14.9 Å². The molecule has 1 unspecified atom stereocenters. The lowest BCUT2D eigenvalue weighted by Crippen LogP contribution is -2.55. The number of amides is 2. The Labute approximate surface area is 111 Å². The van der Waals surface area contributed by atoms with Gasteiger partial charge in [-0.15, -0.1) is 0 Å². The topological polar surface area (TPSA) is 75.4 Å². The average Bonchev–Trinajstić information content (AvgIpc) is 2.36. The number of carbonyl (C=O) groups excluding carboxylic acids is 2. The van der Waals surface area contributed by atoms with E-state index in [9.17, 15) is 9.59 Å². The first-order chi connectivity index (χ1) is 9.13. The van der Waals surface area contributed by atoms with Gasteiger partial charge in [0.25, 0.3) is 0 Å². The van der Waals surface area contributed by atoms with Gasteiger partial charge in [0.05, 0.1) is 5.92 Å². The third-order valence-electron chi connectivity index (χ3n) is 3.81. The molecule has 2 aliphatic rings. The Morgan fingerprint density at radius 1 is 1.16 bits per heavy atom. The molecule has 3 N–H and O–H groups in total. The first-order valence-corrected chi connectivity index (χ1v) is 6.57. The monoisotopic (exact) mass is 259 g/mol. The van der Waals surface area contributed by atoms with E-state index >= 15 is 0 Å². The minimum atomic E-state index is -0.203. The van der Waals surface area contributed by atoms with Gasteiger partial charge in [0.2, 0.25) is 11.8 Å². The van der Waals surface area contributed by atoms with Crippen LogP contribution in [0.3, 0.4) is 0 Å². The first-order valence-electron chi connectivity index (χ1n) is 6.57. The number of nitrogens with zero attached hydrogens (tertiary/aromatic N) is 1. The van der Waals surface area contributed by atoms with E-state index in [1.54, 1.807) is 0 Å². The highest BCUT2D eigenvalue weighted by Gasteiger charge is 2.28. The van der Waals surface area contributed by atoms with E-state index in [4.69, 9.17) is 5.73 Å². The van der Waals surface area contributed by atoms with Gasteiger partial charge >= 0.3 is 0 Å². The molecule has 1 atom stereocenters. The van der Waals surface area contributed by atoms with Crippen molar-refractivity contribution in [1.82, 2.24) is 5.32 Å². The second-order valence-corrected chi connectivity index (χ2v) is 5.26. The maximum absolute atomic E-state index is 11.8. The fraction of sp³-hybridized carbons (Fsp3) is 0.429. The van der Waals surface area contributed by atoms with Gasteiger partial charge in [0.15, 0.2) is 0 Å². The third-order valence-corrected chi connectivity index (χ3v) is 3.81. The molecule has 0 radical (unpaired) electrons. The van der Waals surface area contributed by atoms with Crippen LogP contribution in [0.5, 0.6) is 0 Å². The van der Waals surface area contributed by atoms with Gasteiger partial charge in [-0.05, 0) is 24.1 Å². The van der Waals surface area contributed by atoms with Crippen LogP contribution in [0.2, 0.25) is 0 Å². The Bertz CT molecular complexity index is 506. The number of hydrogen-bond donors (Lipinski definition) is 2. The Balaban J connectivity index is 1.72. The van der Waals surface area contributed by atoms with E-state index in [0.29, 0.717) is 12.8 Å². The Kier molecular flexibility index (Phi) is 2.98. The number of piperidine rings is 1. The van der Waals surface area contributed by atoms with E-state index in [-0.39, 0.29) is 23.8 Å². The molecule has 0 bridgehead atoms. The second-order valence-electron chi connectivity index (χ2n) is 5.26. The summed E-state index contributed by atoms with van der Waals surface area (Å²) in [6.07, 6.45) is 1.01. The zero-order valence-corrected chi connectivity index (χ0v) is 10.6. The molecule has 2 fully saturated rings. The summed E-state index contributed by atoms with van der Waals surface area (Å²) in [7, 11) is 0. The maximum atomic E-state index is 11.8. The molecule has 5 nitrogen and oxygen atoms in total. The van der Waals surface area contributed by atoms with Crippen molar-refractivity contribution < 1.29 is 9.59 Å². The van der Waals surface area contributed by atoms with Crippen molar-refractivity contribution in [3.8, 4) is 0 Å². The van der Waals surface area contributed by atoms with Crippen LogP contribution in [0.25, 0.3) is 0 Å². The Hall–Kier alpha value is -1.88. The summed E-state index contributed by atoms with van der Waals surface area (Å²) in [5.74, 6) is -0.562. The van der Waals surface area contributed by atoms with E-state index in [1.165, 1.54) is 0 Å². The highest BCUT2D eigenvalue weighted by molar-refractivity contribution is 6.00.